The van der Waals surface area contributed by atoms with Crippen LogP contribution in [0.2, 0.25) is 0 Å². The van der Waals surface area contributed by atoms with Gasteiger partial charge in [0.05, 0.1) is 5.60 Å². The lowest BCUT2D eigenvalue weighted by molar-refractivity contribution is -0.137. The van der Waals surface area contributed by atoms with Gasteiger partial charge in [-0.15, -0.1) is 0 Å². The zero-order chi connectivity index (χ0) is 22.3. The van der Waals surface area contributed by atoms with E-state index in [0.717, 1.165) is 51.4 Å². The van der Waals surface area contributed by atoms with E-state index in [-0.39, 0.29) is 17.1 Å². The maximum absolute atomic E-state index is 12.0. The fourth-order valence-electron chi connectivity index (χ4n) is 8.13. The van der Waals surface area contributed by atoms with Crippen LogP contribution in [0.25, 0.3) is 0 Å². The molecule has 0 spiro atoms. The number of hydrogen-bond donors (Lipinski definition) is 1. The number of carbonyl (C=O) groups excluding carboxylic acids is 1. The Kier molecular flexibility index (Phi) is 6.74. The minimum atomic E-state index is -0.534. The largest absolute Gasteiger partial charge is 0.389 e. The molecule has 3 saturated carbocycles. The number of carbonyl (C=O) groups is 1. The third kappa shape index (κ3) is 4.06. The third-order valence-corrected chi connectivity index (χ3v) is 10.0. The van der Waals surface area contributed by atoms with Crippen LogP contribution in [0.4, 0.5) is 0 Å². The summed E-state index contributed by atoms with van der Waals surface area (Å²) in [5, 5.41) is 11.8. The molecule has 4 aliphatic carbocycles. The zero-order valence-electron chi connectivity index (χ0n) is 20.3. The predicted octanol–water partition coefficient (Wildman–Crippen LogP) is 5.82. The van der Waals surface area contributed by atoms with E-state index < -0.39 is 5.60 Å². The van der Waals surface area contributed by atoms with E-state index >= 15 is 0 Å². The molecular formula is C27H44O4. The Morgan fingerprint density at radius 2 is 1.84 bits per heavy atom. The molecule has 4 heteroatoms. The smallest absolute Gasteiger partial charge is 0.155 e. The van der Waals surface area contributed by atoms with Crippen molar-refractivity contribution in [3.63, 3.8) is 0 Å². The highest BCUT2D eigenvalue weighted by molar-refractivity contribution is 5.91. The molecule has 0 radical (unpaired) electrons. The third-order valence-electron chi connectivity index (χ3n) is 10.0. The Labute approximate surface area is 189 Å². The predicted molar refractivity (Wildman–Crippen MR) is 123 cm³/mol. The molecular weight excluding hydrogens is 388 g/mol. The molecule has 0 aromatic rings. The van der Waals surface area contributed by atoms with E-state index in [1.807, 2.05) is 19.9 Å². The van der Waals surface area contributed by atoms with Crippen molar-refractivity contribution < 1.29 is 19.4 Å². The second-order valence-electron chi connectivity index (χ2n) is 11.3. The van der Waals surface area contributed by atoms with Crippen molar-refractivity contribution >= 4 is 5.78 Å². The highest BCUT2D eigenvalue weighted by Crippen LogP contribution is 2.68. The normalized spacial score (nSPS) is 43.1. The summed E-state index contributed by atoms with van der Waals surface area (Å²) < 4.78 is 11.2. The number of hydrogen-bond acceptors (Lipinski definition) is 4. The van der Waals surface area contributed by atoms with E-state index in [1.54, 1.807) is 0 Å². The van der Waals surface area contributed by atoms with Crippen LogP contribution in [0, 0.1) is 28.6 Å². The SMILES string of the molecule is CCOC(C)OCCCC[C@]1(O)CC[C@H]2[C@@H]3CCC4=CC(=O)CC[C@]4(C)[C@H]3CC[C@@]21C. The van der Waals surface area contributed by atoms with Gasteiger partial charge in [-0.25, -0.2) is 0 Å². The lowest BCUT2D eigenvalue weighted by Crippen LogP contribution is -2.54. The highest BCUT2D eigenvalue weighted by atomic mass is 16.7. The highest BCUT2D eigenvalue weighted by Gasteiger charge is 2.63. The standard InChI is InChI=1S/C27H44O4/c1-5-30-19(2)31-17-7-6-13-27(29)16-12-24-22-9-8-20-18-21(28)10-14-25(20,3)23(22)11-15-26(24,27)4/h18-19,22-24,29H,5-17H2,1-4H3/t19?,22-,23+,24+,25+,26+,27+/m1/s1. The molecule has 4 rings (SSSR count). The topological polar surface area (TPSA) is 55.8 Å². The van der Waals surface area contributed by atoms with Gasteiger partial charge < -0.3 is 14.6 Å². The molecule has 0 saturated heterocycles. The Morgan fingerprint density at radius 3 is 2.61 bits per heavy atom. The van der Waals surface area contributed by atoms with E-state index in [0.29, 0.717) is 36.8 Å². The van der Waals surface area contributed by atoms with Gasteiger partial charge in [0.2, 0.25) is 0 Å². The summed E-state index contributed by atoms with van der Waals surface area (Å²) in [6.45, 7) is 10.1. The summed E-state index contributed by atoms with van der Waals surface area (Å²) in [5.74, 6) is 2.36. The Morgan fingerprint density at radius 1 is 1.06 bits per heavy atom. The van der Waals surface area contributed by atoms with Gasteiger partial charge in [0.1, 0.15) is 0 Å². The van der Waals surface area contributed by atoms with Gasteiger partial charge in [0.15, 0.2) is 12.1 Å². The lowest BCUT2D eigenvalue weighted by atomic mass is 9.46. The van der Waals surface area contributed by atoms with Crippen LogP contribution in [-0.2, 0) is 14.3 Å². The van der Waals surface area contributed by atoms with Crippen molar-refractivity contribution in [3.8, 4) is 0 Å². The van der Waals surface area contributed by atoms with Crippen molar-refractivity contribution in [2.24, 2.45) is 28.6 Å². The first-order valence-electron chi connectivity index (χ1n) is 12.9. The molecule has 0 amide bonds. The summed E-state index contributed by atoms with van der Waals surface area (Å²) in [4.78, 5) is 12.0. The molecule has 31 heavy (non-hydrogen) atoms. The Bertz CT molecular complexity index is 701. The van der Waals surface area contributed by atoms with E-state index in [1.165, 1.54) is 24.8 Å². The van der Waals surface area contributed by atoms with E-state index in [2.05, 4.69) is 13.8 Å². The monoisotopic (exact) mass is 432 g/mol. The molecule has 176 valence electrons. The maximum Gasteiger partial charge on any atom is 0.155 e. The van der Waals surface area contributed by atoms with Gasteiger partial charge in [-0.2, -0.15) is 0 Å². The molecule has 3 fully saturated rings. The zero-order valence-corrected chi connectivity index (χ0v) is 20.3. The van der Waals surface area contributed by atoms with Crippen LogP contribution >= 0.6 is 0 Å². The summed E-state index contributed by atoms with van der Waals surface area (Å²) in [6.07, 6.45) is 13.2. The number of unbranched alkanes of at least 4 members (excludes halogenated alkanes) is 1. The maximum atomic E-state index is 12.0. The molecule has 4 nitrogen and oxygen atoms in total. The van der Waals surface area contributed by atoms with Gasteiger partial charge in [-0.05, 0) is 113 Å². The van der Waals surface area contributed by atoms with Crippen LogP contribution in [0.3, 0.4) is 0 Å². The number of ketones is 1. The molecule has 0 bridgehead atoms. The van der Waals surface area contributed by atoms with Gasteiger partial charge in [-0.1, -0.05) is 19.4 Å². The van der Waals surface area contributed by atoms with Crippen molar-refractivity contribution in [1.82, 2.24) is 0 Å². The van der Waals surface area contributed by atoms with Gasteiger partial charge >= 0.3 is 0 Å². The number of rotatable bonds is 8. The fraction of sp³-hybridized carbons (Fsp3) is 0.889. The lowest BCUT2D eigenvalue weighted by Gasteiger charge is -2.59. The Hall–Kier alpha value is -0.710. The molecule has 0 aliphatic heterocycles. The first kappa shape index (κ1) is 23.4. The number of allylic oxidation sites excluding steroid dienone is 1. The van der Waals surface area contributed by atoms with E-state index in [9.17, 15) is 9.90 Å². The van der Waals surface area contributed by atoms with Crippen molar-refractivity contribution in [2.75, 3.05) is 13.2 Å². The Balaban J connectivity index is 1.39. The molecule has 1 unspecified atom stereocenters. The van der Waals surface area contributed by atoms with Gasteiger partial charge in [0.25, 0.3) is 0 Å². The van der Waals surface area contributed by atoms with E-state index in [4.69, 9.17) is 9.47 Å². The molecule has 1 N–H and O–H groups in total. The van der Waals surface area contributed by atoms with Crippen LogP contribution in [-0.4, -0.2) is 36.0 Å². The quantitative estimate of drug-likeness (QED) is 0.388. The fourth-order valence-corrected chi connectivity index (χ4v) is 8.13. The second kappa shape index (κ2) is 8.91. The number of fused-ring (bicyclic) bond motifs is 5. The molecule has 4 aliphatic rings. The summed E-state index contributed by atoms with van der Waals surface area (Å²) in [5.41, 5.74) is 1.15. The minimum Gasteiger partial charge on any atom is -0.389 e. The summed E-state index contributed by atoms with van der Waals surface area (Å²) >= 11 is 0. The van der Waals surface area contributed by atoms with Crippen molar-refractivity contribution in [1.29, 1.82) is 0 Å². The van der Waals surface area contributed by atoms with Crippen LogP contribution < -0.4 is 0 Å². The average molecular weight is 433 g/mol. The number of ether oxygens (including phenoxy) is 2. The van der Waals surface area contributed by atoms with Gasteiger partial charge in [-0.3, -0.25) is 4.79 Å². The summed E-state index contributed by atoms with van der Waals surface area (Å²) in [7, 11) is 0. The number of aliphatic hydroxyl groups is 1. The molecule has 0 aromatic heterocycles. The van der Waals surface area contributed by atoms with Crippen molar-refractivity contribution in [3.05, 3.63) is 11.6 Å². The minimum absolute atomic E-state index is 0.0374. The van der Waals surface area contributed by atoms with Crippen LogP contribution in [0.1, 0.15) is 98.3 Å². The first-order valence-corrected chi connectivity index (χ1v) is 12.9. The molecule has 0 heterocycles. The van der Waals surface area contributed by atoms with Gasteiger partial charge in [0, 0.05) is 19.6 Å². The van der Waals surface area contributed by atoms with Crippen molar-refractivity contribution in [2.45, 2.75) is 110 Å². The molecule has 0 aromatic carbocycles. The summed E-state index contributed by atoms with van der Waals surface area (Å²) in [6, 6.07) is 0. The molecule has 7 atom stereocenters. The van der Waals surface area contributed by atoms with Crippen LogP contribution in [0.15, 0.2) is 11.6 Å². The first-order chi connectivity index (χ1) is 14.7. The second-order valence-corrected chi connectivity index (χ2v) is 11.3. The van der Waals surface area contributed by atoms with Crippen LogP contribution in [0.5, 0.6) is 0 Å². The average Bonchev–Trinajstić information content (AvgIpc) is 2.99.